The molecule has 0 amide bonds. The second-order valence-electron chi connectivity index (χ2n) is 4.57. The monoisotopic (exact) mass is 256 g/mol. The van der Waals surface area contributed by atoms with Gasteiger partial charge in [0, 0.05) is 18.0 Å². The fourth-order valence-corrected chi connectivity index (χ4v) is 2.97. The molecule has 0 unspecified atom stereocenters. The van der Waals surface area contributed by atoms with Crippen LogP contribution < -0.4 is 5.32 Å². The molecule has 92 valence electrons. The minimum atomic E-state index is 0. The molecule has 0 aliphatic carbocycles. The molecular weight excluding hydrogens is 235 g/mol. The zero-order chi connectivity index (χ0) is 9.31. The van der Waals surface area contributed by atoms with Crippen LogP contribution in [0.15, 0.2) is 0 Å². The Bertz CT molecular complexity index is 190. The van der Waals surface area contributed by atoms with Crippen LogP contribution in [0, 0.1) is 5.41 Å². The Hall–Kier alpha value is 0.460. The van der Waals surface area contributed by atoms with Gasteiger partial charge in [-0.2, -0.15) is 0 Å². The van der Waals surface area contributed by atoms with Crippen LogP contribution in [0.1, 0.15) is 19.3 Å². The van der Waals surface area contributed by atoms with Gasteiger partial charge in [0.2, 0.25) is 0 Å². The molecule has 0 aromatic carbocycles. The molecule has 0 bridgehead atoms. The molecule has 2 saturated heterocycles. The maximum Gasteiger partial charge on any atom is 0.0503 e. The van der Waals surface area contributed by atoms with Crippen LogP contribution >= 0.6 is 24.8 Å². The number of aliphatic hydroxyl groups is 1. The van der Waals surface area contributed by atoms with Gasteiger partial charge in [0.05, 0.1) is 6.61 Å². The molecule has 5 heteroatoms. The first-order valence-electron chi connectivity index (χ1n) is 5.30. The molecule has 2 aliphatic rings. The van der Waals surface area contributed by atoms with Crippen LogP contribution in [0.25, 0.3) is 0 Å². The molecule has 2 heterocycles. The lowest BCUT2D eigenvalue weighted by Crippen LogP contribution is -2.60. The van der Waals surface area contributed by atoms with Crippen LogP contribution in [-0.2, 0) is 0 Å². The fraction of sp³-hybridized carbons (Fsp3) is 1.00. The number of likely N-dealkylation sites (tertiary alicyclic amines) is 1. The summed E-state index contributed by atoms with van der Waals surface area (Å²) in [5, 5.41) is 13.0. The number of rotatable bonds is 1. The molecule has 2 rings (SSSR count). The highest BCUT2D eigenvalue weighted by Crippen LogP contribution is 2.39. The fourth-order valence-electron chi connectivity index (χ4n) is 2.97. The minimum absolute atomic E-state index is 0. The normalized spacial score (nSPS) is 36.0. The van der Waals surface area contributed by atoms with E-state index in [-0.39, 0.29) is 30.2 Å². The summed E-state index contributed by atoms with van der Waals surface area (Å²) in [6.45, 7) is 3.68. The maximum absolute atomic E-state index is 9.54. The highest BCUT2D eigenvalue weighted by Gasteiger charge is 2.44. The van der Waals surface area contributed by atoms with Crippen LogP contribution in [0.2, 0.25) is 0 Å². The topological polar surface area (TPSA) is 35.5 Å². The SMILES string of the molecule is CN1CCC[C@]2(CO)CCNC[C@@H]12.Cl.Cl. The van der Waals surface area contributed by atoms with Crippen molar-refractivity contribution in [3.8, 4) is 0 Å². The van der Waals surface area contributed by atoms with Gasteiger partial charge in [0.1, 0.15) is 0 Å². The number of fused-ring (bicyclic) bond motifs is 1. The summed E-state index contributed by atoms with van der Waals surface area (Å²) in [6.07, 6.45) is 3.59. The molecule has 2 atom stereocenters. The number of halogens is 2. The van der Waals surface area contributed by atoms with Crippen molar-refractivity contribution in [2.75, 3.05) is 33.3 Å². The molecule has 15 heavy (non-hydrogen) atoms. The van der Waals surface area contributed by atoms with E-state index in [9.17, 15) is 5.11 Å². The number of aliphatic hydroxyl groups excluding tert-OH is 1. The summed E-state index contributed by atoms with van der Waals surface area (Å²) >= 11 is 0. The van der Waals surface area contributed by atoms with Crippen molar-refractivity contribution in [1.82, 2.24) is 10.2 Å². The van der Waals surface area contributed by atoms with Gasteiger partial charge in [-0.25, -0.2) is 0 Å². The lowest BCUT2D eigenvalue weighted by molar-refractivity contribution is -0.0342. The Balaban J connectivity index is 0.000000980. The summed E-state index contributed by atoms with van der Waals surface area (Å²) in [6, 6.07) is 0.556. The smallest absolute Gasteiger partial charge is 0.0503 e. The van der Waals surface area contributed by atoms with E-state index in [1.807, 2.05) is 0 Å². The number of hydrogen-bond donors (Lipinski definition) is 2. The standard InChI is InChI=1S/C10H20N2O.2ClH/c1-12-6-2-3-10(8-13)4-5-11-7-9(10)12;;/h9,11,13H,2-8H2,1H3;2*1H/t9-,10-;;/m1../s1. The molecule has 2 aliphatic heterocycles. The largest absolute Gasteiger partial charge is 0.396 e. The average molecular weight is 257 g/mol. The zero-order valence-electron chi connectivity index (χ0n) is 9.24. The lowest BCUT2D eigenvalue weighted by atomic mass is 9.69. The lowest BCUT2D eigenvalue weighted by Gasteiger charge is -2.51. The van der Waals surface area contributed by atoms with E-state index >= 15 is 0 Å². The van der Waals surface area contributed by atoms with Crippen LogP contribution in [0.3, 0.4) is 0 Å². The van der Waals surface area contributed by atoms with E-state index in [0.717, 1.165) is 19.5 Å². The van der Waals surface area contributed by atoms with Crippen molar-refractivity contribution in [3.63, 3.8) is 0 Å². The summed E-state index contributed by atoms with van der Waals surface area (Å²) in [5.74, 6) is 0. The van der Waals surface area contributed by atoms with Gasteiger partial charge < -0.3 is 15.3 Å². The second kappa shape index (κ2) is 6.26. The molecule has 2 N–H and O–H groups in total. The predicted molar refractivity (Wildman–Crippen MR) is 67.2 cm³/mol. The second-order valence-corrected chi connectivity index (χ2v) is 4.57. The van der Waals surface area contributed by atoms with Gasteiger partial charge in [-0.05, 0) is 39.4 Å². The number of piperidine rings is 2. The third-order valence-electron chi connectivity index (χ3n) is 3.88. The summed E-state index contributed by atoms with van der Waals surface area (Å²) in [7, 11) is 2.18. The van der Waals surface area contributed by atoms with E-state index in [4.69, 9.17) is 0 Å². The molecule has 2 fully saturated rings. The Morgan fingerprint density at radius 2 is 2.13 bits per heavy atom. The molecule has 0 spiro atoms. The Morgan fingerprint density at radius 3 is 2.73 bits per heavy atom. The van der Waals surface area contributed by atoms with Crippen molar-refractivity contribution in [3.05, 3.63) is 0 Å². The molecule has 3 nitrogen and oxygen atoms in total. The van der Waals surface area contributed by atoms with Crippen molar-refractivity contribution < 1.29 is 5.11 Å². The predicted octanol–water partition coefficient (Wildman–Crippen LogP) is 0.896. The maximum atomic E-state index is 9.54. The Kier molecular flexibility index (Phi) is 6.45. The van der Waals surface area contributed by atoms with Crippen molar-refractivity contribution in [2.45, 2.75) is 25.3 Å². The Labute approximate surface area is 104 Å². The van der Waals surface area contributed by atoms with E-state index < -0.39 is 0 Å². The highest BCUT2D eigenvalue weighted by atomic mass is 35.5. The van der Waals surface area contributed by atoms with Crippen molar-refractivity contribution in [2.24, 2.45) is 5.41 Å². The van der Waals surface area contributed by atoms with E-state index in [1.165, 1.54) is 19.4 Å². The molecular formula is C10H22Cl2N2O. The van der Waals surface area contributed by atoms with Gasteiger partial charge in [-0.3, -0.25) is 0 Å². The average Bonchev–Trinajstić information content (AvgIpc) is 2.18. The van der Waals surface area contributed by atoms with E-state index in [2.05, 4.69) is 17.3 Å². The first-order valence-corrected chi connectivity index (χ1v) is 5.30. The summed E-state index contributed by atoms with van der Waals surface area (Å²) in [5.41, 5.74) is 0.207. The van der Waals surface area contributed by atoms with Crippen LogP contribution in [0.5, 0.6) is 0 Å². The van der Waals surface area contributed by atoms with Crippen LogP contribution in [0.4, 0.5) is 0 Å². The quantitative estimate of drug-likeness (QED) is 0.732. The van der Waals surface area contributed by atoms with Crippen molar-refractivity contribution >= 4 is 24.8 Å². The summed E-state index contributed by atoms with van der Waals surface area (Å²) < 4.78 is 0. The van der Waals surface area contributed by atoms with Crippen molar-refractivity contribution in [1.29, 1.82) is 0 Å². The van der Waals surface area contributed by atoms with Gasteiger partial charge in [0.25, 0.3) is 0 Å². The third kappa shape index (κ3) is 2.77. The summed E-state index contributed by atoms with van der Waals surface area (Å²) in [4.78, 5) is 2.41. The number of likely N-dealkylation sites (N-methyl/N-ethyl adjacent to an activating group) is 1. The number of hydrogen-bond acceptors (Lipinski definition) is 3. The van der Waals surface area contributed by atoms with Gasteiger partial charge in [-0.15, -0.1) is 24.8 Å². The minimum Gasteiger partial charge on any atom is -0.396 e. The highest BCUT2D eigenvalue weighted by molar-refractivity contribution is 5.85. The molecule has 0 saturated carbocycles. The first-order chi connectivity index (χ1) is 6.28. The third-order valence-corrected chi connectivity index (χ3v) is 3.88. The van der Waals surface area contributed by atoms with Crippen LogP contribution in [-0.4, -0.2) is 49.3 Å². The first kappa shape index (κ1) is 15.5. The van der Waals surface area contributed by atoms with E-state index in [0.29, 0.717) is 12.6 Å². The number of nitrogens with zero attached hydrogens (tertiary/aromatic N) is 1. The molecule has 0 radical (unpaired) electrons. The molecule has 0 aromatic rings. The number of nitrogens with one attached hydrogen (secondary N) is 1. The Morgan fingerprint density at radius 1 is 1.40 bits per heavy atom. The molecule has 0 aromatic heterocycles. The van der Waals surface area contributed by atoms with Gasteiger partial charge >= 0.3 is 0 Å². The zero-order valence-corrected chi connectivity index (χ0v) is 10.9. The van der Waals surface area contributed by atoms with Gasteiger partial charge in [0.15, 0.2) is 0 Å². The van der Waals surface area contributed by atoms with E-state index in [1.54, 1.807) is 0 Å². The van der Waals surface area contributed by atoms with Gasteiger partial charge in [-0.1, -0.05) is 0 Å².